The van der Waals surface area contributed by atoms with Gasteiger partial charge in [0.1, 0.15) is 29.9 Å². The van der Waals surface area contributed by atoms with Gasteiger partial charge in [-0.2, -0.15) is 13.2 Å². The Morgan fingerprint density at radius 1 is 1.26 bits per heavy atom. The number of H-pyrrole nitrogens is 1. The van der Waals surface area contributed by atoms with Gasteiger partial charge in [-0.25, -0.2) is 19.9 Å². The Morgan fingerprint density at radius 2 is 2.05 bits per heavy atom. The summed E-state index contributed by atoms with van der Waals surface area (Å²) in [5.74, 6) is 0.809. The molecule has 4 aromatic rings. The minimum Gasteiger partial charge on any atom is -0.385 e. The Hall–Kier alpha value is -3.33. The van der Waals surface area contributed by atoms with E-state index in [0.29, 0.717) is 47.5 Å². The summed E-state index contributed by atoms with van der Waals surface area (Å²) in [6.45, 7) is 5.00. The van der Waals surface area contributed by atoms with Gasteiger partial charge in [0.05, 0.1) is 29.5 Å². The van der Waals surface area contributed by atoms with E-state index in [2.05, 4.69) is 29.8 Å². The third kappa shape index (κ3) is 5.29. The number of rotatable bonds is 9. The van der Waals surface area contributed by atoms with Crippen LogP contribution in [0.1, 0.15) is 38.1 Å². The Bertz CT molecular complexity index is 1460. The van der Waals surface area contributed by atoms with E-state index in [-0.39, 0.29) is 18.5 Å². The summed E-state index contributed by atoms with van der Waals surface area (Å²) in [5, 5.41) is 22.4. The zero-order valence-electron chi connectivity index (χ0n) is 21.6. The average Bonchev–Trinajstić information content (AvgIpc) is 3.57. The van der Waals surface area contributed by atoms with E-state index in [9.17, 15) is 23.4 Å². The van der Waals surface area contributed by atoms with Gasteiger partial charge in [0.25, 0.3) is 0 Å². The number of anilines is 1. The number of aliphatic hydroxyl groups excluding tert-OH is 1. The molecule has 11 nitrogen and oxygen atoms in total. The lowest BCUT2D eigenvalue weighted by Crippen LogP contribution is -2.49. The Balaban J connectivity index is 1.18. The van der Waals surface area contributed by atoms with Gasteiger partial charge in [0.2, 0.25) is 0 Å². The number of alkyl halides is 3. The van der Waals surface area contributed by atoms with E-state index in [1.165, 1.54) is 23.3 Å². The highest BCUT2D eigenvalue weighted by Gasteiger charge is 2.50. The number of aryl methyl sites for hydroxylation is 1. The monoisotopic (exact) mass is 548 g/mol. The molecule has 0 radical (unpaired) electrons. The maximum Gasteiger partial charge on any atom is 0.416 e. The van der Waals surface area contributed by atoms with Crippen LogP contribution in [0.15, 0.2) is 30.9 Å². The number of fused-ring (bicyclic) bond motifs is 2. The molecule has 0 aliphatic carbocycles. The molecule has 3 atom stereocenters. The molecule has 39 heavy (non-hydrogen) atoms. The zero-order valence-corrected chi connectivity index (χ0v) is 21.6. The van der Waals surface area contributed by atoms with Gasteiger partial charge in [-0.05, 0) is 51.4 Å². The zero-order chi connectivity index (χ0) is 27.9. The molecule has 4 heterocycles. The lowest BCUT2D eigenvalue weighted by Gasteiger charge is -2.32. The van der Waals surface area contributed by atoms with Crippen LogP contribution in [-0.2, 0) is 23.1 Å². The third-order valence-electron chi connectivity index (χ3n) is 7.23. The van der Waals surface area contributed by atoms with E-state index < -0.39 is 29.7 Å². The van der Waals surface area contributed by atoms with Crippen molar-refractivity contribution in [1.82, 2.24) is 34.4 Å². The fourth-order valence-electron chi connectivity index (χ4n) is 4.96. The molecular weight excluding hydrogens is 517 g/mol. The summed E-state index contributed by atoms with van der Waals surface area (Å²) in [5.41, 5.74) is 4.87. The van der Waals surface area contributed by atoms with Crippen molar-refractivity contribution in [2.24, 2.45) is 0 Å². The van der Waals surface area contributed by atoms with Crippen molar-refractivity contribution in [3.05, 3.63) is 42.2 Å². The highest BCUT2D eigenvalue weighted by Crippen LogP contribution is 2.33. The van der Waals surface area contributed by atoms with Crippen molar-refractivity contribution in [2.45, 2.75) is 63.3 Å². The Labute approximate surface area is 221 Å². The Kier molecular flexibility index (Phi) is 7.22. The maximum absolute atomic E-state index is 13.0. The molecule has 0 saturated carbocycles. The number of hydrogen-bond donors (Lipinski definition) is 4. The molecule has 14 heteroatoms. The number of aromatic amines is 1. The first kappa shape index (κ1) is 27.2. The fraction of sp³-hybridized carbons (Fsp3) is 0.520. The van der Waals surface area contributed by atoms with E-state index in [0.717, 1.165) is 25.0 Å². The number of benzene rings is 1. The molecule has 1 aliphatic rings. The van der Waals surface area contributed by atoms with E-state index in [4.69, 9.17) is 10.5 Å². The predicted molar refractivity (Wildman–Crippen MR) is 136 cm³/mol. The molecule has 1 saturated heterocycles. The number of nitrogen functional groups attached to an aromatic ring is 1. The summed E-state index contributed by atoms with van der Waals surface area (Å²) in [4.78, 5) is 21.8. The molecule has 3 aromatic heterocycles. The minimum atomic E-state index is -4.40. The van der Waals surface area contributed by atoms with Crippen LogP contribution in [0.25, 0.3) is 22.2 Å². The SMILES string of the molecule is CC(C)N(CCCCc1nc2ccc(C(F)(F)F)cc2[nH]1)C[C@H]1OC[C@](O)(n2cnc3c(N)ncnc32)[C@@H]1O. The smallest absolute Gasteiger partial charge is 0.385 e. The van der Waals surface area contributed by atoms with Crippen molar-refractivity contribution in [2.75, 3.05) is 25.4 Å². The van der Waals surface area contributed by atoms with Gasteiger partial charge in [0, 0.05) is 19.0 Å². The van der Waals surface area contributed by atoms with Crippen molar-refractivity contribution in [3.8, 4) is 0 Å². The largest absolute Gasteiger partial charge is 0.416 e. The fourth-order valence-corrected chi connectivity index (χ4v) is 4.96. The van der Waals surface area contributed by atoms with Crippen molar-refractivity contribution < 1.29 is 28.1 Å². The first-order chi connectivity index (χ1) is 18.5. The highest BCUT2D eigenvalue weighted by molar-refractivity contribution is 5.81. The van der Waals surface area contributed by atoms with Gasteiger partial charge in [0.15, 0.2) is 17.2 Å². The van der Waals surface area contributed by atoms with Crippen LogP contribution >= 0.6 is 0 Å². The van der Waals surface area contributed by atoms with Gasteiger partial charge in [-0.3, -0.25) is 9.47 Å². The number of imidazole rings is 2. The van der Waals surface area contributed by atoms with Crippen molar-refractivity contribution in [3.63, 3.8) is 0 Å². The number of unbranched alkanes of at least 4 members (excludes halogenated alkanes) is 1. The third-order valence-corrected chi connectivity index (χ3v) is 7.23. The lowest BCUT2D eigenvalue weighted by atomic mass is 10.0. The molecule has 5 N–H and O–H groups in total. The van der Waals surface area contributed by atoms with E-state index in [1.807, 2.05) is 13.8 Å². The number of nitrogens with one attached hydrogen (secondary N) is 1. The summed E-state index contributed by atoms with van der Waals surface area (Å²) in [6.07, 6.45) is -1.54. The first-order valence-corrected chi connectivity index (χ1v) is 12.7. The molecule has 0 spiro atoms. The number of ether oxygens (including phenoxy) is 1. The summed E-state index contributed by atoms with van der Waals surface area (Å²) in [6, 6.07) is 3.63. The van der Waals surface area contributed by atoms with Crippen LogP contribution in [0.4, 0.5) is 19.0 Å². The van der Waals surface area contributed by atoms with Crippen molar-refractivity contribution in [1.29, 1.82) is 0 Å². The number of aliphatic hydroxyl groups is 2. The second-order valence-electron chi connectivity index (χ2n) is 10.2. The van der Waals surface area contributed by atoms with Gasteiger partial charge < -0.3 is 25.7 Å². The van der Waals surface area contributed by atoms with Crippen molar-refractivity contribution >= 4 is 28.0 Å². The predicted octanol–water partition coefficient (Wildman–Crippen LogP) is 2.44. The van der Waals surface area contributed by atoms with Crippen LogP contribution in [-0.4, -0.2) is 82.5 Å². The number of aromatic nitrogens is 6. The van der Waals surface area contributed by atoms with E-state index in [1.54, 1.807) is 0 Å². The van der Waals surface area contributed by atoms with Crippen LogP contribution < -0.4 is 5.73 Å². The second kappa shape index (κ2) is 10.3. The number of nitrogens with two attached hydrogens (primary N) is 1. The van der Waals surface area contributed by atoms with Crippen LogP contribution in [0, 0.1) is 0 Å². The number of nitrogens with zero attached hydrogens (tertiary/aromatic N) is 6. The molecule has 1 fully saturated rings. The average molecular weight is 549 g/mol. The summed E-state index contributed by atoms with van der Waals surface area (Å²) < 4.78 is 46.2. The summed E-state index contributed by atoms with van der Waals surface area (Å²) in [7, 11) is 0. The first-order valence-electron chi connectivity index (χ1n) is 12.7. The normalized spacial score (nSPS) is 22.2. The topological polar surface area (TPSA) is 151 Å². The van der Waals surface area contributed by atoms with Gasteiger partial charge >= 0.3 is 6.18 Å². The molecule has 0 bridgehead atoms. The standard InChI is InChI=1S/C25H31F3N8O3/c1-14(2)35(8-4-3-5-19-33-16-7-6-15(25(26,27)28)9-17(16)34-19)10-18-21(37)24(38,11-39-18)36-13-32-20-22(29)30-12-31-23(20)36/h6-7,9,12-14,18,21,37-38H,3-5,8,10-11H2,1-2H3,(H,33,34)(H2,29,30,31)/t18-,21-,24-/m1/s1. The summed E-state index contributed by atoms with van der Waals surface area (Å²) >= 11 is 0. The Morgan fingerprint density at radius 3 is 2.79 bits per heavy atom. The van der Waals surface area contributed by atoms with Crippen LogP contribution in [0.2, 0.25) is 0 Å². The van der Waals surface area contributed by atoms with Crippen LogP contribution in [0.3, 0.4) is 0 Å². The quantitative estimate of drug-likeness (QED) is 0.231. The number of halogens is 3. The van der Waals surface area contributed by atoms with E-state index >= 15 is 0 Å². The molecule has 1 aliphatic heterocycles. The second-order valence-corrected chi connectivity index (χ2v) is 10.2. The molecule has 5 rings (SSSR count). The van der Waals surface area contributed by atoms with Gasteiger partial charge in [-0.15, -0.1) is 0 Å². The highest BCUT2D eigenvalue weighted by atomic mass is 19.4. The van der Waals surface area contributed by atoms with Gasteiger partial charge in [-0.1, -0.05) is 0 Å². The molecular formula is C25H31F3N8O3. The lowest BCUT2D eigenvalue weighted by molar-refractivity contribution is -0.137. The maximum atomic E-state index is 13.0. The molecule has 0 amide bonds. The van der Waals surface area contributed by atoms with Crippen LogP contribution in [0.5, 0.6) is 0 Å². The molecule has 1 aromatic carbocycles. The number of hydrogen-bond acceptors (Lipinski definition) is 9. The minimum absolute atomic E-state index is 0.142. The molecule has 210 valence electrons. The molecule has 0 unspecified atom stereocenters.